The number of benzene rings is 1. The second kappa shape index (κ2) is 7.41. The zero-order valence-electron chi connectivity index (χ0n) is 12.8. The molecule has 0 bridgehead atoms. The van der Waals surface area contributed by atoms with E-state index in [0.717, 1.165) is 11.3 Å². The number of hydrogen-bond donors (Lipinski definition) is 3. The summed E-state index contributed by atoms with van der Waals surface area (Å²) in [6.07, 6.45) is -1.51. The molecule has 1 aromatic rings. The monoisotopic (exact) mass is 341 g/mol. The highest BCUT2D eigenvalue weighted by molar-refractivity contribution is 6.30. The van der Waals surface area contributed by atoms with Crippen LogP contribution in [0.15, 0.2) is 18.2 Å². The first-order chi connectivity index (χ1) is 10.9. The van der Waals surface area contributed by atoms with Gasteiger partial charge in [-0.1, -0.05) is 17.7 Å². The molecule has 0 aliphatic carbocycles. The maximum atomic E-state index is 11.3. The van der Waals surface area contributed by atoms with Gasteiger partial charge in [-0.15, -0.1) is 0 Å². The molecule has 1 aliphatic heterocycles. The fourth-order valence-corrected chi connectivity index (χ4v) is 2.86. The molecule has 0 radical (unpaired) electrons. The van der Waals surface area contributed by atoms with Crippen molar-refractivity contribution in [2.45, 2.75) is 19.4 Å². The van der Waals surface area contributed by atoms with Crippen LogP contribution in [0.3, 0.4) is 0 Å². The van der Waals surface area contributed by atoms with Gasteiger partial charge in [-0.25, -0.2) is 9.59 Å². The number of halogens is 1. The van der Waals surface area contributed by atoms with Crippen molar-refractivity contribution in [3.8, 4) is 0 Å². The smallest absolute Gasteiger partial charge is 0.407 e. The number of hydrogen-bond acceptors (Lipinski definition) is 3. The molecule has 0 spiro atoms. The van der Waals surface area contributed by atoms with Gasteiger partial charge in [0.2, 0.25) is 0 Å². The molecule has 23 heavy (non-hydrogen) atoms. The Morgan fingerprint density at radius 3 is 2.70 bits per heavy atom. The third-order valence-electron chi connectivity index (χ3n) is 3.99. The predicted octanol–water partition coefficient (Wildman–Crippen LogP) is 2.79. The second-order valence-electron chi connectivity index (χ2n) is 5.53. The molecule has 1 aliphatic rings. The molecule has 7 nitrogen and oxygen atoms in total. The average molecular weight is 342 g/mol. The van der Waals surface area contributed by atoms with Gasteiger partial charge in [-0.2, -0.15) is 0 Å². The molecule has 0 saturated carbocycles. The van der Waals surface area contributed by atoms with Crippen LogP contribution in [0, 0.1) is 6.92 Å². The highest BCUT2D eigenvalue weighted by atomic mass is 35.5. The van der Waals surface area contributed by atoms with E-state index < -0.39 is 12.2 Å². The van der Waals surface area contributed by atoms with E-state index in [0.29, 0.717) is 18.0 Å². The Balaban J connectivity index is 1.96. The molecule has 2 rings (SSSR count). The van der Waals surface area contributed by atoms with E-state index in [1.165, 1.54) is 9.80 Å². The number of nitrogens with one attached hydrogen (secondary N) is 1. The van der Waals surface area contributed by atoms with E-state index in [4.69, 9.17) is 16.7 Å². The summed E-state index contributed by atoms with van der Waals surface area (Å²) in [4.78, 5) is 24.9. The summed E-state index contributed by atoms with van der Waals surface area (Å²) in [6, 6.07) is 5.17. The Kier molecular flexibility index (Phi) is 5.54. The van der Waals surface area contributed by atoms with Crippen molar-refractivity contribution in [3.05, 3.63) is 28.8 Å². The summed E-state index contributed by atoms with van der Waals surface area (Å²) >= 11 is 5.97. The summed E-state index contributed by atoms with van der Waals surface area (Å²) in [5.74, 6) is 0. The number of anilines is 1. The van der Waals surface area contributed by atoms with Crippen LogP contribution in [-0.4, -0.2) is 64.4 Å². The van der Waals surface area contributed by atoms with Gasteiger partial charge in [0.15, 0.2) is 0 Å². The Bertz CT molecular complexity index is 596. The van der Waals surface area contributed by atoms with E-state index in [1.807, 2.05) is 19.1 Å². The Morgan fingerprint density at radius 1 is 1.30 bits per heavy atom. The van der Waals surface area contributed by atoms with Gasteiger partial charge in [-0.05, 0) is 31.0 Å². The van der Waals surface area contributed by atoms with Crippen molar-refractivity contribution < 1.29 is 19.8 Å². The number of aryl methyl sites for hydroxylation is 1. The molecule has 1 fully saturated rings. The summed E-state index contributed by atoms with van der Waals surface area (Å²) in [6.45, 7) is 3.08. The van der Waals surface area contributed by atoms with E-state index in [1.54, 1.807) is 6.07 Å². The third kappa shape index (κ3) is 4.41. The van der Waals surface area contributed by atoms with Gasteiger partial charge in [-0.3, -0.25) is 0 Å². The molecule has 3 N–H and O–H groups in total. The predicted molar refractivity (Wildman–Crippen MR) is 87.4 cm³/mol. The normalized spacial score (nSPS) is 17.9. The molecule has 1 aromatic carbocycles. The van der Waals surface area contributed by atoms with Crippen LogP contribution < -0.4 is 5.32 Å². The second-order valence-corrected chi connectivity index (χ2v) is 5.97. The number of nitrogens with zero attached hydrogens (tertiary/aromatic N) is 2. The van der Waals surface area contributed by atoms with Gasteiger partial charge in [0.05, 0.1) is 6.04 Å². The summed E-state index contributed by atoms with van der Waals surface area (Å²) in [7, 11) is 0. The molecule has 0 aromatic heterocycles. The summed E-state index contributed by atoms with van der Waals surface area (Å²) < 4.78 is 0. The summed E-state index contributed by atoms with van der Waals surface area (Å²) in [5, 5.41) is 22.2. The molecule has 126 valence electrons. The van der Waals surface area contributed by atoms with Crippen molar-refractivity contribution in [2.75, 3.05) is 31.5 Å². The topological polar surface area (TPSA) is 93.1 Å². The van der Waals surface area contributed by atoms with Gasteiger partial charge in [0.25, 0.3) is 0 Å². The van der Waals surface area contributed by atoms with Gasteiger partial charge < -0.3 is 25.3 Å². The standard InChI is InChI=1S/C15H20ClN3O4/c1-10-2-3-11(16)8-13(10)17-5-4-12-9-18(14(20)21)6-7-19(12)15(22)23/h2-3,8,12,17H,4-7,9H2,1H3,(H,20,21)(H,22,23)/t12-/m1/s1. The Hall–Kier alpha value is -2.15. The average Bonchev–Trinajstić information content (AvgIpc) is 2.50. The Morgan fingerprint density at radius 2 is 2.04 bits per heavy atom. The Labute approximate surface area is 139 Å². The minimum atomic E-state index is -1.02. The zero-order chi connectivity index (χ0) is 17.0. The number of piperazine rings is 1. The summed E-state index contributed by atoms with van der Waals surface area (Å²) in [5.41, 5.74) is 1.94. The lowest BCUT2D eigenvalue weighted by atomic mass is 10.1. The lowest BCUT2D eigenvalue weighted by Gasteiger charge is -2.38. The number of amides is 2. The van der Waals surface area contributed by atoms with Crippen LogP contribution in [-0.2, 0) is 0 Å². The largest absolute Gasteiger partial charge is 0.465 e. The lowest BCUT2D eigenvalue weighted by molar-refractivity contribution is 0.0622. The molecule has 8 heteroatoms. The molecular weight excluding hydrogens is 322 g/mol. The van der Waals surface area contributed by atoms with Crippen LogP contribution in [0.4, 0.5) is 15.3 Å². The van der Waals surface area contributed by atoms with Crippen molar-refractivity contribution >= 4 is 29.5 Å². The van der Waals surface area contributed by atoms with Gasteiger partial charge >= 0.3 is 12.2 Å². The quantitative estimate of drug-likeness (QED) is 0.783. The van der Waals surface area contributed by atoms with Crippen LogP contribution >= 0.6 is 11.6 Å². The SMILES string of the molecule is Cc1ccc(Cl)cc1NCC[C@@H]1CN(C(=O)O)CCN1C(=O)O. The molecular formula is C15H20ClN3O4. The molecule has 2 amide bonds. The van der Waals surface area contributed by atoms with Gasteiger partial charge in [0.1, 0.15) is 0 Å². The van der Waals surface area contributed by atoms with Crippen molar-refractivity contribution in [1.82, 2.24) is 9.80 Å². The highest BCUT2D eigenvalue weighted by Crippen LogP contribution is 2.21. The van der Waals surface area contributed by atoms with E-state index in [2.05, 4.69) is 5.32 Å². The number of carbonyl (C=O) groups is 2. The number of rotatable bonds is 4. The fraction of sp³-hybridized carbons (Fsp3) is 0.467. The van der Waals surface area contributed by atoms with Crippen molar-refractivity contribution in [2.24, 2.45) is 0 Å². The molecule has 1 atom stereocenters. The first-order valence-electron chi connectivity index (χ1n) is 7.36. The van der Waals surface area contributed by atoms with Gasteiger partial charge in [0, 0.05) is 36.9 Å². The van der Waals surface area contributed by atoms with Crippen LogP contribution in [0.5, 0.6) is 0 Å². The van der Waals surface area contributed by atoms with Crippen molar-refractivity contribution in [3.63, 3.8) is 0 Å². The zero-order valence-corrected chi connectivity index (χ0v) is 13.6. The number of carboxylic acid groups (broad SMARTS) is 2. The highest BCUT2D eigenvalue weighted by Gasteiger charge is 2.31. The lowest BCUT2D eigenvalue weighted by Crippen LogP contribution is -2.56. The molecule has 0 unspecified atom stereocenters. The maximum Gasteiger partial charge on any atom is 0.407 e. The molecule has 1 saturated heterocycles. The third-order valence-corrected chi connectivity index (χ3v) is 4.23. The van der Waals surface area contributed by atoms with E-state index >= 15 is 0 Å². The minimum Gasteiger partial charge on any atom is -0.465 e. The fourth-order valence-electron chi connectivity index (χ4n) is 2.69. The minimum absolute atomic E-state index is 0.192. The van der Waals surface area contributed by atoms with E-state index in [9.17, 15) is 14.7 Å². The van der Waals surface area contributed by atoms with Crippen LogP contribution in [0.25, 0.3) is 0 Å². The molecule has 1 heterocycles. The first kappa shape index (κ1) is 17.2. The van der Waals surface area contributed by atoms with E-state index in [-0.39, 0.29) is 25.7 Å². The maximum absolute atomic E-state index is 11.3. The first-order valence-corrected chi connectivity index (χ1v) is 7.73. The van der Waals surface area contributed by atoms with Crippen LogP contribution in [0.2, 0.25) is 5.02 Å². The van der Waals surface area contributed by atoms with Crippen molar-refractivity contribution in [1.29, 1.82) is 0 Å². The van der Waals surface area contributed by atoms with Crippen LogP contribution in [0.1, 0.15) is 12.0 Å².